The van der Waals surface area contributed by atoms with Gasteiger partial charge in [0.1, 0.15) is 29.8 Å². The highest BCUT2D eigenvalue weighted by atomic mass is 19.1. The predicted octanol–water partition coefficient (Wildman–Crippen LogP) is 4.85. The highest BCUT2D eigenvalue weighted by Crippen LogP contribution is 2.39. The van der Waals surface area contributed by atoms with Crippen molar-refractivity contribution in [2.24, 2.45) is 7.05 Å². The van der Waals surface area contributed by atoms with Gasteiger partial charge in [-0.1, -0.05) is 12.1 Å². The first-order chi connectivity index (χ1) is 17.3. The largest absolute Gasteiger partial charge is 0.491 e. The highest BCUT2D eigenvalue weighted by Gasteiger charge is 2.31. The maximum atomic E-state index is 13.7. The Hall–Kier alpha value is -4.53. The molecule has 5 aromatic rings. The van der Waals surface area contributed by atoms with Crippen LogP contribution in [0.5, 0.6) is 5.75 Å². The van der Waals surface area contributed by atoms with Gasteiger partial charge in [0.15, 0.2) is 0 Å². The van der Waals surface area contributed by atoms with E-state index in [0.717, 1.165) is 27.9 Å². The maximum Gasteiger partial charge on any atom is 0.254 e. The summed E-state index contributed by atoms with van der Waals surface area (Å²) in [4.78, 5) is 19.6. The van der Waals surface area contributed by atoms with E-state index < -0.39 is 11.6 Å². The minimum absolute atomic E-state index is 0.179. The fourth-order valence-electron chi connectivity index (χ4n) is 4.85. The zero-order valence-electron chi connectivity index (χ0n) is 19.5. The van der Waals surface area contributed by atoms with Crippen LogP contribution in [0.2, 0.25) is 0 Å². The van der Waals surface area contributed by atoms with Crippen LogP contribution in [0.1, 0.15) is 22.0 Å². The van der Waals surface area contributed by atoms with Crippen LogP contribution in [-0.4, -0.2) is 39.2 Å². The molecule has 3 heterocycles. The lowest BCUT2D eigenvalue weighted by Gasteiger charge is -2.24. The van der Waals surface area contributed by atoms with Crippen molar-refractivity contribution in [3.63, 3.8) is 0 Å². The number of nitrogens with two attached hydrogens (primary N) is 1. The molecular formula is C27H21F2N5O2. The number of carbonyl (C=O) groups excluding carboxylic acids is 1. The number of benzene rings is 3. The van der Waals surface area contributed by atoms with Gasteiger partial charge in [-0.25, -0.2) is 13.8 Å². The Morgan fingerprint density at radius 2 is 1.83 bits per heavy atom. The first-order valence-corrected chi connectivity index (χ1v) is 11.3. The predicted molar refractivity (Wildman–Crippen MR) is 133 cm³/mol. The molecule has 2 N–H and O–H groups in total. The third kappa shape index (κ3) is 3.43. The van der Waals surface area contributed by atoms with Gasteiger partial charge in [-0.2, -0.15) is 5.10 Å². The fraction of sp³-hybridized carbons (Fsp3) is 0.148. The number of fused-ring (bicyclic) bond motifs is 4. The molecule has 9 heteroatoms. The first-order valence-electron chi connectivity index (χ1n) is 11.3. The minimum atomic E-state index is -0.647. The van der Waals surface area contributed by atoms with E-state index in [0.29, 0.717) is 33.8 Å². The number of hydrogen-bond acceptors (Lipinski definition) is 5. The van der Waals surface area contributed by atoms with Crippen LogP contribution >= 0.6 is 0 Å². The van der Waals surface area contributed by atoms with E-state index >= 15 is 0 Å². The summed E-state index contributed by atoms with van der Waals surface area (Å²) in [5.74, 6) is -0.502. The topological polar surface area (TPSA) is 86.3 Å². The molecule has 0 saturated carbocycles. The van der Waals surface area contributed by atoms with Gasteiger partial charge in [-0.3, -0.25) is 9.48 Å². The van der Waals surface area contributed by atoms with Gasteiger partial charge in [-0.15, -0.1) is 0 Å². The summed E-state index contributed by atoms with van der Waals surface area (Å²) in [6.45, 7) is 0.274. The number of pyridine rings is 1. The van der Waals surface area contributed by atoms with E-state index in [1.807, 2.05) is 19.2 Å². The number of amides is 1. The molecule has 0 unspecified atom stereocenters. The van der Waals surface area contributed by atoms with Crippen molar-refractivity contribution < 1.29 is 18.3 Å². The fourth-order valence-corrected chi connectivity index (χ4v) is 4.85. The molecule has 0 saturated heterocycles. The molecule has 0 bridgehead atoms. The molecule has 6 rings (SSSR count). The van der Waals surface area contributed by atoms with Crippen LogP contribution in [-0.2, 0) is 7.05 Å². The number of carbonyl (C=O) groups is 1. The molecule has 1 aliphatic rings. The van der Waals surface area contributed by atoms with Crippen molar-refractivity contribution in [1.82, 2.24) is 19.7 Å². The quantitative estimate of drug-likeness (QED) is 0.395. The summed E-state index contributed by atoms with van der Waals surface area (Å²) in [5.41, 5.74) is 9.94. The number of likely N-dealkylation sites (N-methyl/N-ethyl adjacent to an activating group) is 1. The van der Waals surface area contributed by atoms with E-state index in [-0.39, 0.29) is 18.6 Å². The van der Waals surface area contributed by atoms with Crippen LogP contribution in [0.25, 0.3) is 32.9 Å². The number of ether oxygens (including phenoxy) is 1. The summed E-state index contributed by atoms with van der Waals surface area (Å²) in [6.07, 6.45) is 1.66. The third-order valence-corrected chi connectivity index (χ3v) is 6.71. The maximum absolute atomic E-state index is 13.7. The molecule has 0 spiro atoms. The smallest absolute Gasteiger partial charge is 0.254 e. The van der Waals surface area contributed by atoms with E-state index in [9.17, 15) is 13.6 Å². The Kier molecular flexibility index (Phi) is 4.89. The summed E-state index contributed by atoms with van der Waals surface area (Å²) in [6, 6.07) is 13.7. The summed E-state index contributed by atoms with van der Waals surface area (Å²) in [5, 5.41) is 5.80. The molecule has 36 heavy (non-hydrogen) atoms. The number of nitrogen functional groups attached to an aromatic ring is 1. The van der Waals surface area contributed by atoms with E-state index in [1.54, 1.807) is 47.1 Å². The van der Waals surface area contributed by atoms with Crippen LogP contribution in [0.15, 0.2) is 60.8 Å². The second kappa shape index (κ2) is 8.01. The summed E-state index contributed by atoms with van der Waals surface area (Å²) < 4.78 is 35.0. The zero-order valence-corrected chi connectivity index (χ0v) is 19.5. The molecule has 180 valence electrons. The number of anilines is 1. The Morgan fingerprint density at radius 3 is 2.61 bits per heavy atom. The van der Waals surface area contributed by atoms with E-state index in [4.69, 9.17) is 10.5 Å². The van der Waals surface area contributed by atoms with Gasteiger partial charge in [0.25, 0.3) is 5.91 Å². The van der Waals surface area contributed by atoms with Crippen molar-refractivity contribution in [1.29, 1.82) is 0 Å². The Bertz CT molecular complexity index is 1680. The number of rotatable bonds is 3. The van der Waals surface area contributed by atoms with Crippen LogP contribution < -0.4 is 10.5 Å². The van der Waals surface area contributed by atoms with Crippen molar-refractivity contribution in [2.75, 3.05) is 19.4 Å². The number of hydrogen-bond donors (Lipinski definition) is 1. The number of halogens is 2. The monoisotopic (exact) mass is 485 g/mol. The molecule has 1 aliphatic heterocycles. The average molecular weight is 485 g/mol. The summed E-state index contributed by atoms with van der Waals surface area (Å²) in [7, 11) is 3.55. The Labute approximate surface area is 204 Å². The second-order valence-corrected chi connectivity index (χ2v) is 8.91. The Morgan fingerprint density at radius 1 is 1.06 bits per heavy atom. The lowest BCUT2D eigenvalue weighted by Crippen LogP contribution is -2.32. The molecular weight excluding hydrogens is 464 g/mol. The SMILES string of the molecule is CN(C(=O)c1ccc2nc(N)c3cnn(C)c3c2c1)[C@@H]1COc2cc(-c3cc(F)cc(F)c3)ccc21. The van der Waals surface area contributed by atoms with Crippen LogP contribution in [0.4, 0.5) is 14.6 Å². The van der Waals surface area contributed by atoms with E-state index in [1.165, 1.54) is 12.1 Å². The summed E-state index contributed by atoms with van der Waals surface area (Å²) >= 11 is 0. The highest BCUT2D eigenvalue weighted by molar-refractivity contribution is 6.10. The van der Waals surface area contributed by atoms with Crippen LogP contribution in [0, 0.1) is 11.6 Å². The average Bonchev–Trinajstić information content (AvgIpc) is 3.46. The standard InChI is InChI=1S/C27H21F2N5O2/c1-33(23-13-36-24-10-14(3-5-19(23)24)16-7-17(28)11-18(29)8-16)27(35)15-4-6-22-20(9-15)25-21(26(30)32-22)12-31-34(25)2/h3-12,23H,13H2,1-2H3,(H2,30,32)/t23-/m1/s1. The molecule has 3 aromatic carbocycles. The molecule has 1 amide bonds. The number of aromatic nitrogens is 3. The van der Waals surface area contributed by atoms with Gasteiger partial charge in [0, 0.05) is 36.7 Å². The third-order valence-electron chi connectivity index (χ3n) is 6.71. The number of aryl methyl sites for hydroxylation is 1. The molecule has 2 aromatic heterocycles. The van der Waals surface area contributed by atoms with Gasteiger partial charge in [0.05, 0.1) is 28.7 Å². The van der Waals surface area contributed by atoms with Gasteiger partial charge >= 0.3 is 0 Å². The zero-order chi connectivity index (χ0) is 25.1. The van der Waals surface area contributed by atoms with Gasteiger partial charge < -0.3 is 15.4 Å². The van der Waals surface area contributed by atoms with Crippen molar-refractivity contribution in [2.45, 2.75) is 6.04 Å². The van der Waals surface area contributed by atoms with Gasteiger partial charge in [0.2, 0.25) is 0 Å². The van der Waals surface area contributed by atoms with Gasteiger partial charge in [-0.05, 0) is 47.5 Å². The normalized spacial score (nSPS) is 14.7. The minimum Gasteiger partial charge on any atom is -0.491 e. The number of nitrogens with zero attached hydrogens (tertiary/aromatic N) is 4. The Balaban J connectivity index is 1.33. The molecule has 0 fully saturated rings. The molecule has 0 radical (unpaired) electrons. The van der Waals surface area contributed by atoms with Crippen LogP contribution in [0.3, 0.4) is 0 Å². The van der Waals surface area contributed by atoms with Crippen molar-refractivity contribution in [3.8, 4) is 16.9 Å². The van der Waals surface area contributed by atoms with Crippen molar-refractivity contribution in [3.05, 3.63) is 83.6 Å². The lowest BCUT2D eigenvalue weighted by atomic mass is 10.00. The lowest BCUT2D eigenvalue weighted by molar-refractivity contribution is 0.0708. The second-order valence-electron chi connectivity index (χ2n) is 8.91. The van der Waals surface area contributed by atoms with Crippen molar-refractivity contribution >= 4 is 33.5 Å². The molecule has 0 aliphatic carbocycles. The first kappa shape index (κ1) is 22.0. The molecule has 7 nitrogen and oxygen atoms in total. The van der Waals surface area contributed by atoms with E-state index in [2.05, 4.69) is 10.1 Å². The molecule has 1 atom stereocenters.